The average Bonchev–Trinajstić information content (AvgIpc) is 3.35. The summed E-state index contributed by atoms with van der Waals surface area (Å²) in [6.07, 6.45) is 10.3. The fraction of sp³-hybridized carbons (Fsp3) is 0.409. The van der Waals surface area contributed by atoms with Gasteiger partial charge in [0.25, 0.3) is 5.91 Å². The van der Waals surface area contributed by atoms with Gasteiger partial charge < -0.3 is 14.6 Å². The zero-order valence-electron chi connectivity index (χ0n) is 16.7. The van der Waals surface area contributed by atoms with E-state index >= 15 is 0 Å². The standard InChI is InChI=1S/C22H26N4O2S/c1-26-14-13-23-20(26)15-28-17-10-8-16(9-11-17)22(27)24-12-4-7-21-25-18-5-2-3-6-19(18)29-21/h8-11,13-14H,2-7,12,15H2,1H3,(H,24,27). The molecular weight excluding hydrogens is 384 g/mol. The van der Waals surface area contributed by atoms with Crippen LogP contribution < -0.4 is 10.1 Å². The second kappa shape index (κ2) is 9.22. The molecule has 0 fully saturated rings. The fourth-order valence-electron chi connectivity index (χ4n) is 3.44. The molecule has 2 aromatic heterocycles. The van der Waals surface area contributed by atoms with E-state index in [-0.39, 0.29) is 5.91 Å². The number of nitrogens with one attached hydrogen (secondary N) is 1. The van der Waals surface area contributed by atoms with Crippen LogP contribution in [0.3, 0.4) is 0 Å². The largest absolute Gasteiger partial charge is 0.486 e. The number of benzene rings is 1. The Hall–Kier alpha value is -2.67. The molecule has 4 rings (SSSR count). The molecule has 0 aliphatic heterocycles. The number of carbonyl (C=O) groups is 1. The van der Waals surface area contributed by atoms with Gasteiger partial charge in [-0.25, -0.2) is 9.97 Å². The Kier molecular flexibility index (Phi) is 6.24. The van der Waals surface area contributed by atoms with Crippen LogP contribution in [0.4, 0.5) is 0 Å². The van der Waals surface area contributed by atoms with Crippen molar-refractivity contribution in [2.24, 2.45) is 7.05 Å². The van der Waals surface area contributed by atoms with E-state index in [4.69, 9.17) is 9.72 Å². The zero-order valence-corrected chi connectivity index (χ0v) is 17.5. The van der Waals surface area contributed by atoms with E-state index in [0.717, 1.165) is 30.8 Å². The molecule has 1 amide bonds. The molecular formula is C22H26N4O2S. The quantitative estimate of drug-likeness (QED) is 0.575. The first-order valence-electron chi connectivity index (χ1n) is 10.1. The van der Waals surface area contributed by atoms with Crippen molar-refractivity contribution < 1.29 is 9.53 Å². The van der Waals surface area contributed by atoms with Gasteiger partial charge in [0, 0.05) is 42.8 Å². The lowest BCUT2D eigenvalue weighted by Crippen LogP contribution is -2.24. The smallest absolute Gasteiger partial charge is 0.251 e. The normalized spacial score (nSPS) is 13.1. The number of hydrogen-bond donors (Lipinski definition) is 1. The summed E-state index contributed by atoms with van der Waals surface area (Å²) in [6.45, 7) is 1.05. The van der Waals surface area contributed by atoms with Crippen molar-refractivity contribution in [2.45, 2.75) is 45.1 Å². The number of aromatic nitrogens is 3. The van der Waals surface area contributed by atoms with Crippen molar-refractivity contribution in [1.29, 1.82) is 0 Å². The first kappa shape index (κ1) is 19.6. The van der Waals surface area contributed by atoms with Crippen LogP contribution in [0.25, 0.3) is 0 Å². The number of carbonyl (C=O) groups excluding carboxylic acids is 1. The highest BCUT2D eigenvalue weighted by Gasteiger charge is 2.14. The monoisotopic (exact) mass is 410 g/mol. The van der Waals surface area contributed by atoms with Gasteiger partial charge in [-0.2, -0.15) is 0 Å². The summed E-state index contributed by atoms with van der Waals surface area (Å²) in [7, 11) is 1.93. The zero-order chi connectivity index (χ0) is 20.1. The van der Waals surface area contributed by atoms with Gasteiger partial charge >= 0.3 is 0 Å². The minimum absolute atomic E-state index is 0.0564. The van der Waals surface area contributed by atoms with Crippen molar-refractivity contribution >= 4 is 17.2 Å². The Labute approximate surface area is 175 Å². The molecule has 1 N–H and O–H groups in total. The van der Waals surface area contributed by atoms with E-state index < -0.39 is 0 Å². The molecule has 1 aromatic carbocycles. The predicted molar refractivity (Wildman–Crippen MR) is 113 cm³/mol. The van der Waals surface area contributed by atoms with Gasteiger partial charge in [-0.05, 0) is 56.4 Å². The van der Waals surface area contributed by atoms with Crippen LogP contribution >= 0.6 is 11.3 Å². The molecule has 3 aromatic rings. The van der Waals surface area contributed by atoms with Crippen LogP contribution in [0.15, 0.2) is 36.7 Å². The van der Waals surface area contributed by atoms with Crippen LogP contribution in [0.1, 0.15) is 51.0 Å². The maximum absolute atomic E-state index is 12.3. The molecule has 0 radical (unpaired) electrons. The Morgan fingerprint density at radius 2 is 2.07 bits per heavy atom. The van der Waals surface area contributed by atoms with Crippen LogP contribution in [-0.4, -0.2) is 27.0 Å². The van der Waals surface area contributed by atoms with E-state index in [2.05, 4.69) is 10.3 Å². The topological polar surface area (TPSA) is 69.0 Å². The third-order valence-corrected chi connectivity index (χ3v) is 6.37. The van der Waals surface area contributed by atoms with Gasteiger partial charge in [-0.3, -0.25) is 4.79 Å². The molecule has 1 aliphatic rings. The highest BCUT2D eigenvalue weighted by Crippen LogP contribution is 2.27. The van der Waals surface area contributed by atoms with E-state index in [9.17, 15) is 4.79 Å². The van der Waals surface area contributed by atoms with Crippen molar-refractivity contribution in [3.63, 3.8) is 0 Å². The fourth-order valence-corrected chi connectivity index (χ4v) is 4.64. The molecule has 152 valence electrons. The molecule has 0 atom stereocenters. The summed E-state index contributed by atoms with van der Waals surface area (Å²) in [5.41, 5.74) is 1.95. The van der Waals surface area contributed by atoms with Crippen LogP contribution in [-0.2, 0) is 32.9 Å². The number of nitrogens with zero attached hydrogens (tertiary/aromatic N) is 3. The van der Waals surface area contributed by atoms with Crippen molar-refractivity contribution in [3.05, 3.63) is 63.6 Å². The van der Waals surface area contributed by atoms with E-state index in [1.807, 2.05) is 41.3 Å². The van der Waals surface area contributed by atoms with Crippen LogP contribution in [0.5, 0.6) is 5.75 Å². The third-order valence-electron chi connectivity index (χ3n) is 5.15. The summed E-state index contributed by atoms with van der Waals surface area (Å²) in [5.74, 6) is 1.52. The lowest BCUT2D eigenvalue weighted by atomic mass is 10.0. The first-order chi connectivity index (χ1) is 14.2. The highest BCUT2D eigenvalue weighted by molar-refractivity contribution is 7.11. The number of thiazole rings is 1. The first-order valence-corrected chi connectivity index (χ1v) is 11.0. The van der Waals surface area contributed by atoms with Crippen molar-refractivity contribution in [2.75, 3.05) is 6.54 Å². The number of hydrogen-bond acceptors (Lipinski definition) is 5. The Balaban J connectivity index is 1.20. The van der Waals surface area contributed by atoms with E-state index in [1.54, 1.807) is 18.3 Å². The minimum atomic E-state index is -0.0564. The maximum atomic E-state index is 12.3. The van der Waals surface area contributed by atoms with Crippen molar-refractivity contribution in [3.8, 4) is 5.75 Å². The second-order valence-electron chi connectivity index (χ2n) is 7.31. The van der Waals surface area contributed by atoms with E-state index in [1.165, 1.54) is 34.8 Å². The second-order valence-corrected chi connectivity index (χ2v) is 8.48. The molecule has 0 spiro atoms. The SMILES string of the molecule is Cn1ccnc1COc1ccc(C(=O)NCCCc2nc3c(s2)CCCC3)cc1. The lowest BCUT2D eigenvalue weighted by molar-refractivity contribution is 0.0953. The van der Waals surface area contributed by atoms with Gasteiger partial charge in [0.15, 0.2) is 0 Å². The number of rotatable bonds is 8. The van der Waals surface area contributed by atoms with Crippen LogP contribution in [0, 0.1) is 0 Å². The number of imidazole rings is 1. The summed E-state index contributed by atoms with van der Waals surface area (Å²) in [6, 6.07) is 7.21. The van der Waals surface area contributed by atoms with Crippen LogP contribution in [0.2, 0.25) is 0 Å². The predicted octanol–water partition coefficient (Wildman–Crippen LogP) is 3.70. The number of aryl methyl sites for hydroxylation is 4. The minimum Gasteiger partial charge on any atom is -0.486 e. The number of ether oxygens (including phenoxy) is 1. The summed E-state index contributed by atoms with van der Waals surface area (Å²) in [4.78, 5) is 22.8. The molecule has 0 bridgehead atoms. The molecule has 1 aliphatic carbocycles. The number of fused-ring (bicyclic) bond motifs is 1. The molecule has 2 heterocycles. The molecule has 0 saturated carbocycles. The highest BCUT2D eigenvalue weighted by atomic mass is 32.1. The Morgan fingerprint density at radius 1 is 1.24 bits per heavy atom. The Bertz CT molecular complexity index is 938. The lowest BCUT2D eigenvalue weighted by Gasteiger charge is -2.08. The number of amides is 1. The van der Waals surface area contributed by atoms with Crippen molar-refractivity contribution in [1.82, 2.24) is 19.9 Å². The molecule has 7 heteroatoms. The van der Waals surface area contributed by atoms with Gasteiger partial charge in [0.05, 0.1) is 10.7 Å². The maximum Gasteiger partial charge on any atom is 0.251 e. The summed E-state index contributed by atoms with van der Waals surface area (Å²) in [5, 5.41) is 4.20. The van der Waals surface area contributed by atoms with E-state index in [0.29, 0.717) is 18.7 Å². The average molecular weight is 411 g/mol. The van der Waals surface area contributed by atoms with Gasteiger partial charge in [0.2, 0.25) is 0 Å². The molecule has 6 nitrogen and oxygen atoms in total. The summed E-state index contributed by atoms with van der Waals surface area (Å²) >= 11 is 1.85. The van der Waals surface area contributed by atoms with Gasteiger partial charge in [-0.1, -0.05) is 0 Å². The van der Waals surface area contributed by atoms with Gasteiger partial charge in [-0.15, -0.1) is 11.3 Å². The third kappa shape index (κ3) is 5.03. The summed E-state index contributed by atoms with van der Waals surface area (Å²) < 4.78 is 7.65. The molecule has 0 unspecified atom stereocenters. The van der Waals surface area contributed by atoms with Gasteiger partial charge in [0.1, 0.15) is 18.2 Å². The molecule has 29 heavy (non-hydrogen) atoms. The molecule has 0 saturated heterocycles. The Morgan fingerprint density at radius 3 is 2.83 bits per heavy atom.